The number of benzene rings is 3. The van der Waals surface area contributed by atoms with E-state index in [9.17, 15) is 14.4 Å². The Kier molecular flexibility index (Phi) is 8.08. The van der Waals surface area contributed by atoms with Crippen molar-refractivity contribution in [3.63, 3.8) is 0 Å². The van der Waals surface area contributed by atoms with E-state index in [1.807, 2.05) is 63.2 Å². The average molecular weight is 589 g/mol. The van der Waals surface area contributed by atoms with Gasteiger partial charge in [-0.1, -0.05) is 56.3 Å². The molecule has 3 aromatic rings. The molecule has 2 aliphatic heterocycles. The zero-order valence-electron chi connectivity index (χ0n) is 24.8. The summed E-state index contributed by atoms with van der Waals surface area (Å²) in [5.41, 5.74) is 1.45. The van der Waals surface area contributed by atoms with Crippen molar-refractivity contribution in [1.82, 2.24) is 4.90 Å². The quantitative estimate of drug-likeness (QED) is 0.170. The Morgan fingerprint density at radius 1 is 1.12 bits per heavy atom. The number of hydrogen-bond donors (Lipinski definition) is 0. The molecule has 2 heterocycles. The van der Waals surface area contributed by atoms with E-state index in [0.29, 0.717) is 53.8 Å². The summed E-state index contributed by atoms with van der Waals surface area (Å²) in [6, 6.07) is 15.2. The van der Waals surface area contributed by atoms with Crippen LogP contribution in [0.15, 0.2) is 61.2 Å². The SMILES string of the molecule is C=CC(=O)N1CC(CN2C(=O)C(CC(C)C)Oc3cc(-c4cc(OC(=O)C(C)(C)C)cc5ccccc45)c(Cl)cc32)C1. The van der Waals surface area contributed by atoms with Gasteiger partial charge in [0.1, 0.15) is 11.5 Å². The lowest BCUT2D eigenvalue weighted by molar-refractivity contribution is -0.143. The van der Waals surface area contributed by atoms with Gasteiger partial charge in [0.15, 0.2) is 6.10 Å². The van der Waals surface area contributed by atoms with E-state index < -0.39 is 11.5 Å². The molecule has 2 amide bonds. The lowest BCUT2D eigenvalue weighted by Crippen LogP contribution is -2.56. The maximum Gasteiger partial charge on any atom is 0.316 e. The molecule has 1 saturated heterocycles. The highest BCUT2D eigenvalue weighted by atomic mass is 35.5. The Bertz CT molecular complexity index is 1570. The van der Waals surface area contributed by atoms with Crippen LogP contribution in [0, 0.1) is 17.3 Å². The molecule has 8 heteroatoms. The van der Waals surface area contributed by atoms with Crippen LogP contribution >= 0.6 is 11.6 Å². The molecular weight excluding hydrogens is 552 g/mol. The van der Waals surface area contributed by atoms with Crippen molar-refractivity contribution in [2.75, 3.05) is 24.5 Å². The number of fused-ring (bicyclic) bond motifs is 2. The Morgan fingerprint density at radius 3 is 2.50 bits per heavy atom. The van der Waals surface area contributed by atoms with Crippen LogP contribution in [-0.4, -0.2) is 48.4 Å². The Labute approximate surface area is 252 Å². The fourth-order valence-corrected chi connectivity index (χ4v) is 5.65. The van der Waals surface area contributed by atoms with Gasteiger partial charge in [0.05, 0.1) is 16.1 Å². The highest BCUT2D eigenvalue weighted by Gasteiger charge is 2.39. The van der Waals surface area contributed by atoms with Gasteiger partial charge in [0, 0.05) is 31.1 Å². The molecule has 5 rings (SSSR count). The van der Waals surface area contributed by atoms with Crippen LogP contribution in [0.4, 0.5) is 5.69 Å². The molecule has 0 aromatic heterocycles. The molecule has 42 heavy (non-hydrogen) atoms. The lowest BCUT2D eigenvalue weighted by atomic mass is 9.94. The average Bonchev–Trinajstić information content (AvgIpc) is 2.90. The first-order valence-electron chi connectivity index (χ1n) is 14.3. The first-order valence-corrected chi connectivity index (χ1v) is 14.7. The van der Waals surface area contributed by atoms with Gasteiger partial charge < -0.3 is 19.3 Å². The molecule has 0 N–H and O–H groups in total. The van der Waals surface area contributed by atoms with Crippen LogP contribution in [0.2, 0.25) is 5.02 Å². The number of esters is 1. The predicted molar refractivity (Wildman–Crippen MR) is 166 cm³/mol. The van der Waals surface area contributed by atoms with Gasteiger partial charge in [-0.2, -0.15) is 0 Å². The van der Waals surface area contributed by atoms with Crippen molar-refractivity contribution in [2.24, 2.45) is 17.3 Å². The van der Waals surface area contributed by atoms with Gasteiger partial charge >= 0.3 is 5.97 Å². The monoisotopic (exact) mass is 588 g/mol. The molecule has 0 aliphatic carbocycles. The Morgan fingerprint density at radius 2 is 1.83 bits per heavy atom. The number of anilines is 1. The number of carbonyl (C=O) groups excluding carboxylic acids is 3. The Balaban J connectivity index is 1.56. The van der Waals surface area contributed by atoms with Crippen molar-refractivity contribution >= 4 is 45.8 Å². The molecule has 2 aliphatic rings. The molecule has 7 nitrogen and oxygen atoms in total. The standard InChI is InChI=1S/C34H37ClN2O5/c1-7-31(38)36-17-21(18-36)19-37-28-16-27(35)26(15-29(28)42-30(32(37)39)12-20(2)3)25-14-23(41-33(40)34(4,5)6)13-22-10-8-9-11-24(22)25/h7-11,13-16,20-21,30H,1,12,17-19H2,2-6H3. The van der Waals surface area contributed by atoms with Crippen LogP contribution in [0.3, 0.4) is 0 Å². The molecule has 220 valence electrons. The highest BCUT2D eigenvalue weighted by molar-refractivity contribution is 6.34. The van der Waals surface area contributed by atoms with E-state index in [4.69, 9.17) is 21.1 Å². The number of nitrogens with zero attached hydrogens (tertiary/aromatic N) is 2. The van der Waals surface area contributed by atoms with Gasteiger partial charge in [-0.25, -0.2) is 0 Å². The normalized spacial score (nSPS) is 17.1. The van der Waals surface area contributed by atoms with Crippen molar-refractivity contribution in [2.45, 2.75) is 47.1 Å². The largest absolute Gasteiger partial charge is 0.478 e. The van der Waals surface area contributed by atoms with Crippen molar-refractivity contribution in [3.05, 3.63) is 66.2 Å². The third-order valence-electron chi connectivity index (χ3n) is 7.67. The number of likely N-dealkylation sites (tertiary alicyclic amines) is 1. The number of rotatable bonds is 7. The minimum atomic E-state index is -0.666. The molecule has 0 saturated carbocycles. The van der Waals surface area contributed by atoms with Crippen molar-refractivity contribution in [1.29, 1.82) is 0 Å². The molecule has 0 radical (unpaired) electrons. The zero-order valence-corrected chi connectivity index (χ0v) is 25.5. The van der Waals surface area contributed by atoms with E-state index in [1.165, 1.54) is 6.08 Å². The van der Waals surface area contributed by atoms with E-state index in [2.05, 4.69) is 20.4 Å². The molecule has 3 aromatic carbocycles. The van der Waals surface area contributed by atoms with Gasteiger partial charge in [0.2, 0.25) is 5.91 Å². The first kappa shape index (κ1) is 29.6. The first-order chi connectivity index (χ1) is 19.8. The minimum Gasteiger partial charge on any atom is -0.478 e. The molecule has 1 unspecified atom stereocenters. The molecule has 1 fully saturated rings. The summed E-state index contributed by atoms with van der Waals surface area (Å²) in [5.74, 6) is 0.842. The fraction of sp³-hybridized carbons (Fsp3) is 0.382. The molecular formula is C34H37ClN2O5. The topological polar surface area (TPSA) is 76.2 Å². The lowest BCUT2D eigenvalue weighted by Gasteiger charge is -2.43. The van der Waals surface area contributed by atoms with E-state index in [0.717, 1.165) is 16.3 Å². The zero-order chi connectivity index (χ0) is 30.3. The molecule has 0 bridgehead atoms. The van der Waals surface area contributed by atoms with E-state index in [-0.39, 0.29) is 29.6 Å². The van der Waals surface area contributed by atoms with Crippen molar-refractivity contribution < 1.29 is 23.9 Å². The van der Waals surface area contributed by atoms with Crippen LogP contribution in [-0.2, 0) is 14.4 Å². The summed E-state index contributed by atoms with van der Waals surface area (Å²) in [4.78, 5) is 41.8. The maximum atomic E-state index is 13.7. The second kappa shape index (κ2) is 11.4. The summed E-state index contributed by atoms with van der Waals surface area (Å²) in [6.45, 7) is 14.7. The van der Waals surface area contributed by atoms with E-state index in [1.54, 1.807) is 15.9 Å². The second-order valence-corrected chi connectivity index (χ2v) is 13.0. The number of hydrogen-bond acceptors (Lipinski definition) is 5. The summed E-state index contributed by atoms with van der Waals surface area (Å²) in [6.07, 6.45) is 1.25. The van der Waals surface area contributed by atoms with Gasteiger partial charge in [-0.05, 0) is 79.8 Å². The summed E-state index contributed by atoms with van der Waals surface area (Å²) < 4.78 is 12.1. The molecule has 0 spiro atoms. The van der Waals surface area contributed by atoms with Gasteiger partial charge in [-0.3, -0.25) is 14.4 Å². The number of ether oxygens (including phenoxy) is 2. The van der Waals surface area contributed by atoms with Crippen LogP contribution in [0.5, 0.6) is 11.5 Å². The van der Waals surface area contributed by atoms with Crippen LogP contribution < -0.4 is 14.4 Å². The summed E-state index contributed by atoms with van der Waals surface area (Å²) in [7, 11) is 0. The van der Waals surface area contributed by atoms with Gasteiger partial charge in [-0.15, -0.1) is 0 Å². The van der Waals surface area contributed by atoms with Crippen LogP contribution in [0.1, 0.15) is 41.0 Å². The number of amides is 2. The third kappa shape index (κ3) is 5.88. The summed E-state index contributed by atoms with van der Waals surface area (Å²) in [5, 5.41) is 2.29. The van der Waals surface area contributed by atoms with Crippen molar-refractivity contribution in [3.8, 4) is 22.6 Å². The molecule has 1 atom stereocenters. The highest BCUT2D eigenvalue weighted by Crippen LogP contribution is 2.45. The predicted octanol–water partition coefficient (Wildman–Crippen LogP) is 6.90. The summed E-state index contributed by atoms with van der Waals surface area (Å²) >= 11 is 6.96. The smallest absolute Gasteiger partial charge is 0.316 e. The Hall–Kier alpha value is -3.84. The van der Waals surface area contributed by atoms with E-state index >= 15 is 0 Å². The van der Waals surface area contributed by atoms with Gasteiger partial charge in [0.25, 0.3) is 5.91 Å². The third-order valence-corrected chi connectivity index (χ3v) is 7.98. The number of carbonyl (C=O) groups is 3. The fourth-order valence-electron chi connectivity index (χ4n) is 5.39. The van der Waals surface area contributed by atoms with Crippen LogP contribution in [0.25, 0.3) is 21.9 Å². The minimum absolute atomic E-state index is 0.102. The maximum absolute atomic E-state index is 13.7. The second-order valence-electron chi connectivity index (χ2n) is 12.6. The number of halogens is 1.